The Morgan fingerprint density at radius 3 is 2.48 bits per heavy atom. The maximum absolute atomic E-state index is 12.2. The maximum Gasteiger partial charge on any atom is 0.214 e. The number of pyridine rings is 1. The summed E-state index contributed by atoms with van der Waals surface area (Å²) in [5.74, 6) is 0.0261. The summed E-state index contributed by atoms with van der Waals surface area (Å²) in [4.78, 5) is 4.23. The second-order valence-electron chi connectivity index (χ2n) is 6.84. The van der Waals surface area contributed by atoms with Gasteiger partial charge in [0.2, 0.25) is 10.0 Å². The van der Waals surface area contributed by atoms with Crippen molar-refractivity contribution in [1.82, 2.24) is 9.71 Å². The van der Waals surface area contributed by atoms with E-state index in [0.717, 1.165) is 22.3 Å². The molecule has 0 spiro atoms. The van der Waals surface area contributed by atoms with Gasteiger partial charge in [-0.25, -0.2) is 13.1 Å². The summed E-state index contributed by atoms with van der Waals surface area (Å²) in [6, 6.07) is 10.1. The number of hydrogen-bond donors (Lipinski definition) is 1. The van der Waals surface area contributed by atoms with Crippen LogP contribution in [0, 0.1) is 6.92 Å². The van der Waals surface area contributed by atoms with Crippen molar-refractivity contribution in [3.8, 4) is 11.1 Å². The van der Waals surface area contributed by atoms with Crippen molar-refractivity contribution >= 4 is 10.0 Å². The van der Waals surface area contributed by atoms with Gasteiger partial charge in [-0.2, -0.15) is 0 Å². The molecule has 2 aromatic rings. The molecule has 1 aromatic carbocycles. The highest BCUT2D eigenvalue weighted by Crippen LogP contribution is 2.29. The van der Waals surface area contributed by atoms with Gasteiger partial charge in [0.05, 0.1) is 24.5 Å². The number of nitrogens with zero attached hydrogens (tertiary/aromatic N) is 1. The topological polar surface area (TPSA) is 68.3 Å². The molecule has 3 rings (SSSR count). The zero-order valence-corrected chi connectivity index (χ0v) is 15.6. The first-order chi connectivity index (χ1) is 11.9. The molecule has 134 valence electrons. The maximum atomic E-state index is 12.2. The number of nitrogens with one attached hydrogen (secondary N) is 1. The van der Waals surface area contributed by atoms with Crippen molar-refractivity contribution in [2.24, 2.45) is 0 Å². The first-order valence-electron chi connectivity index (χ1n) is 8.47. The van der Waals surface area contributed by atoms with Gasteiger partial charge < -0.3 is 4.74 Å². The second-order valence-corrected chi connectivity index (χ2v) is 9.10. The van der Waals surface area contributed by atoms with Gasteiger partial charge >= 0.3 is 0 Å². The van der Waals surface area contributed by atoms with Gasteiger partial charge in [-0.1, -0.05) is 24.3 Å². The molecule has 0 saturated carbocycles. The molecular weight excluding hydrogens is 336 g/mol. The second kappa shape index (κ2) is 7.23. The molecule has 1 aliphatic rings. The van der Waals surface area contributed by atoms with Crippen molar-refractivity contribution in [1.29, 1.82) is 0 Å². The van der Waals surface area contributed by atoms with Gasteiger partial charge in [-0.15, -0.1) is 0 Å². The molecule has 0 aliphatic carbocycles. The molecule has 25 heavy (non-hydrogen) atoms. The number of rotatable bonds is 5. The fourth-order valence-electron chi connectivity index (χ4n) is 2.98. The normalized spacial score (nSPS) is 21.0. The Bertz CT molecular complexity index is 832. The van der Waals surface area contributed by atoms with Crippen molar-refractivity contribution < 1.29 is 13.2 Å². The summed E-state index contributed by atoms with van der Waals surface area (Å²) >= 11 is 0. The van der Waals surface area contributed by atoms with Crippen LogP contribution in [0.3, 0.4) is 0 Å². The number of hydrogen-bond acceptors (Lipinski definition) is 4. The Morgan fingerprint density at radius 1 is 1.12 bits per heavy atom. The zero-order valence-electron chi connectivity index (χ0n) is 14.8. The minimum atomic E-state index is -3.32. The van der Waals surface area contributed by atoms with Gasteiger partial charge in [-0.05, 0) is 43.5 Å². The highest BCUT2D eigenvalue weighted by Gasteiger charge is 2.33. The van der Waals surface area contributed by atoms with Gasteiger partial charge in [0.1, 0.15) is 0 Å². The lowest BCUT2D eigenvalue weighted by atomic mass is 9.93. The molecule has 0 unspecified atom stereocenters. The summed E-state index contributed by atoms with van der Waals surface area (Å²) in [5.41, 5.74) is 4.37. The zero-order chi connectivity index (χ0) is 18.0. The summed E-state index contributed by atoms with van der Waals surface area (Å²) in [6.45, 7) is 6.30. The molecule has 2 heterocycles. The van der Waals surface area contributed by atoms with Crippen molar-refractivity contribution in [3.63, 3.8) is 0 Å². The predicted octanol–water partition coefficient (Wildman–Crippen LogP) is 2.87. The lowest BCUT2D eigenvalue weighted by Crippen LogP contribution is -2.42. The number of aromatic nitrogens is 1. The third-order valence-electron chi connectivity index (χ3n) is 4.56. The van der Waals surface area contributed by atoms with Crippen LogP contribution in [0.5, 0.6) is 0 Å². The monoisotopic (exact) mass is 360 g/mol. The molecular formula is C19H24N2O3S. The SMILES string of the molecule is Cc1cncc(-c2ccc([C@H]3COC[C@H]3NS(=O)(=O)C(C)C)cc2)c1. The molecule has 1 aliphatic heterocycles. The fourth-order valence-corrected chi connectivity index (χ4v) is 3.91. The van der Waals surface area contributed by atoms with Gasteiger partial charge in [0.15, 0.2) is 0 Å². The third kappa shape index (κ3) is 4.08. The van der Waals surface area contributed by atoms with Crippen LogP contribution in [-0.2, 0) is 14.8 Å². The van der Waals surface area contributed by atoms with E-state index in [1.807, 2.05) is 31.5 Å². The van der Waals surface area contributed by atoms with Crippen LogP contribution in [0.2, 0.25) is 0 Å². The van der Waals surface area contributed by atoms with Crippen molar-refractivity contribution in [2.45, 2.75) is 38.0 Å². The van der Waals surface area contributed by atoms with Crippen molar-refractivity contribution in [3.05, 3.63) is 53.9 Å². The molecule has 1 N–H and O–H groups in total. The molecule has 6 heteroatoms. The van der Waals surface area contributed by atoms with Crippen LogP contribution in [0.1, 0.15) is 30.9 Å². The summed E-state index contributed by atoms with van der Waals surface area (Å²) < 4.78 is 32.7. The Hall–Kier alpha value is -1.76. The lowest BCUT2D eigenvalue weighted by molar-refractivity contribution is 0.189. The van der Waals surface area contributed by atoms with Crippen LogP contribution in [0.15, 0.2) is 42.7 Å². The summed E-state index contributed by atoms with van der Waals surface area (Å²) in [6.07, 6.45) is 3.68. The highest BCUT2D eigenvalue weighted by atomic mass is 32.2. The first-order valence-corrected chi connectivity index (χ1v) is 10.0. The molecule has 1 fully saturated rings. The van der Waals surface area contributed by atoms with E-state index in [4.69, 9.17) is 4.74 Å². The van der Waals surface area contributed by atoms with E-state index in [9.17, 15) is 8.42 Å². The number of ether oxygens (including phenoxy) is 1. The molecule has 2 atom stereocenters. The van der Waals surface area contributed by atoms with E-state index in [0.29, 0.717) is 13.2 Å². The lowest BCUT2D eigenvalue weighted by Gasteiger charge is -2.21. The fraction of sp³-hybridized carbons (Fsp3) is 0.421. The number of aryl methyl sites for hydroxylation is 1. The quantitative estimate of drug-likeness (QED) is 0.890. The molecule has 1 aromatic heterocycles. The Morgan fingerprint density at radius 2 is 1.84 bits per heavy atom. The molecule has 0 bridgehead atoms. The Labute approximate surface area is 149 Å². The highest BCUT2D eigenvalue weighted by molar-refractivity contribution is 7.90. The Balaban J connectivity index is 1.79. The van der Waals surface area contributed by atoms with Crippen LogP contribution in [-0.4, -0.2) is 37.9 Å². The minimum Gasteiger partial charge on any atom is -0.379 e. The van der Waals surface area contributed by atoms with Crippen molar-refractivity contribution in [2.75, 3.05) is 13.2 Å². The van der Waals surface area contributed by atoms with Crippen LogP contribution < -0.4 is 4.72 Å². The van der Waals surface area contributed by atoms with Crippen LogP contribution in [0.25, 0.3) is 11.1 Å². The van der Waals surface area contributed by atoms with E-state index in [1.54, 1.807) is 13.8 Å². The molecule has 0 radical (unpaired) electrons. The van der Waals surface area contributed by atoms with Gasteiger partial charge in [-0.3, -0.25) is 4.98 Å². The van der Waals surface area contributed by atoms with E-state index >= 15 is 0 Å². The Kier molecular flexibility index (Phi) is 5.22. The van der Waals surface area contributed by atoms with E-state index in [-0.39, 0.29) is 12.0 Å². The molecule has 0 amide bonds. The number of benzene rings is 1. The average Bonchev–Trinajstić information content (AvgIpc) is 3.02. The van der Waals surface area contributed by atoms with E-state index in [2.05, 4.69) is 27.9 Å². The predicted molar refractivity (Wildman–Crippen MR) is 98.9 cm³/mol. The minimum absolute atomic E-state index is 0.0261. The van der Waals surface area contributed by atoms with Gasteiger partial charge in [0, 0.05) is 23.9 Å². The first kappa shape index (κ1) is 18.0. The van der Waals surface area contributed by atoms with E-state index < -0.39 is 15.3 Å². The number of sulfonamides is 1. The average molecular weight is 360 g/mol. The van der Waals surface area contributed by atoms with Gasteiger partial charge in [0.25, 0.3) is 0 Å². The smallest absolute Gasteiger partial charge is 0.214 e. The molecule has 5 nitrogen and oxygen atoms in total. The van der Waals surface area contributed by atoms with Crippen LogP contribution in [0.4, 0.5) is 0 Å². The van der Waals surface area contributed by atoms with Crippen LogP contribution >= 0.6 is 0 Å². The molecule has 1 saturated heterocycles. The summed E-state index contributed by atoms with van der Waals surface area (Å²) in [5, 5.41) is -0.454. The third-order valence-corrected chi connectivity index (χ3v) is 6.44. The standard InChI is InChI=1S/C19H24N2O3S/c1-13(2)25(22,23)21-19-12-24-11-18(19)16-6-4-15(5-7-16)17-8-14(3)9-20-10-17/h4-10,13,18-19,21H,11-12H2,1-3H3/t18-,19-/m1/s1. The largest absolute Gasteiger partial charge is 0.379 e. The van der Waals surface area contributed by atoms with E-state index in [1.165, 1.54) is 0 Å². The summed E-state index contributed by atoms with van der Waals surface area (Å²) in [7, 11) is -3.32.